The van der Waals surface area contributed by atoms with Gasteiger partial charge in [-0.2, -0.15) is 16.1 Å². The van der Waals surface area contributed by atoms with E-state index in [1.165, 1.54) is 19.3 Å². The van der Waals surface area contributed by atoms with Crippen LogP contribution in [-0.4, -0.2) is 61.3 Å². The molecule has 3 rings (SSSR count). The van der Waals surface area contributed by atoms with E-state index in [4.69, 9.17) is 0 Å². The van der Waals surface area contributed by atoms with Crippen LogP contribution < -0.4 is 0 Å². The molecule has 0 bridgehead atoms. The Morgan fingerprint density at radius 3 is 2.60 bits per heavy atom. The third-order valence-electron chi connectivity index (χ3n) is 5.23. The molecule has 0 aromatic heterocycles. The van der Waals surface area contributed by atoms with Crippen molar-refractivity contribution < 1.29 is 8.42 Å². The Kier molecular flexibility index (Phi) is 6.47. The Morgan fingerprint density at radius 2 is 1.84 bits per heavy atom. The second kappa shape index (κ2) is 8.42. The van der Waals surface area contributed by atoms with Crippen LogP contribution in [0.3, 0.4) is 0 Å². The fourth-order valence-electron chi connectivity index (χ4n) is 3.82. The summed E-state index contributed by atoms with van der Waals surface area (Å²) in [4.78, 5) is 2.95. The zero-order valence-corrected chi connectivity index (χ0v) is 17.0. The van der Waals surface area contributed by atoms with Crippen LogP contribution in [0.15, 0.2) is 23.1 Å². The number of hydrogen-bond donors (Lipinski definition) is 0. The summed E-state index contributed by atoms with van der Waals surface area (Å²) in [6.45, 7) is 7.59. The molecule has 25 heavy (non-hydrogen) atoms. The molecule has 1 unspecified atom stereocenters. The second-order valence-corrected chi connectivity index (χ2v) is 10.3. The number of likely N-dealkylation sites (tertiary alicyclic amines) is 1. The minimum atomic E-state index is -3.45. The molecule has 2 heterocycles. The van der Waals surface area contributed by atoms with Gasteiger partial charge >= 0.3 is 0 Å². The minimum absolute atomic E-state index is 0.0792. The zero-order valence-electron chi connectivity index (χ0n) is 15.4. The number of thioether (sulfide) groups is 1. The fraction of sp³-hybridized carbons (Fsp3) is 0.684. The van der Waals surface area contributed by atoms with Crippen molar-refractivity contribution in [3.05, 3.63) is 29.3 Å². The topological polar surface area (TPSA) is 40.6 Å². The Labute approximate surface area is 157 Å². The third kappa shape index (κ3) is 4.59. The first-order chi connectivity index (χ1) is 12.0. The highest BCUT2D eigenvalue weighted by molar-refractivity contribution is 7.99. The third-order valence-corrected chi connectivity index (χ3v) is 8.52. The summed E-state index contributed by atoms with van der Waals surface area (Å²) < 4.78 is 28.7. The van der Waals surface area contributed by atoms with Crippen molar-refractivity contribution in [3.8, 4) is 0 Å². The van der Waals surface area contributed by atoms with Crippen molar-refractivity contribution in [3.63, 3.8) is 0 Å². The number of sulfonamides is 1. The maximum atomic E-state index is 13.5. The molecule has 140 valence electrons. The molecule has 0 N–H and O–H groups in total. The van der Waals surface area contributed by atoms with Gasteiger partial charge in [-0.1, -0.05) is 18.6 Å². The van der Waals surface area contributed by atoms with Gasteiger partial charge in [0.2, 0.25) is 10.0 Å². The maximum absolute atomic E-state index is 13.5. The van der Waals surface area contributed by atoms with Gasteiger partial charge in [0.1, 0.15) is 0 Å². The molecule has 2 aliphatic rings. The SMILES string of the molecule is Cc1ccc(C)c(S(=O)(=O)N2CCCSCC2CN2CCCCC2)c1. The number of piperidine rings is 1. The van der Waals surface area contributed by atoms with Crippen LogP contribution in [0, 0.1) is 13.8 Å². The zero-order chi connectivity index (χ0) is 17.9. The van der Waals surface area contributed by atoms with Crippen LogP contribution in [-0.2, 0) is 10.0 Å². The Bertz CT molecular complexity index is 685. The average molecular weight is 383 g/mol. The normalized spacial score (nSPS) is 24.2. The first-order valence-electron chi connectivity index (χ1n) is 9.38. The van der Waals surface area contributed by atoms with Gasteiger partial charge in [-0.15, -0.1) is 0 Å². The molecule has 1 atom stereocenters. The lowest BCUT2D eigenvalue weighted by Crippen LogP contribution is -2.49. The van der Waals surface area contributed by atoms with E-state index in [2.05, 4.69) is 4.90 Å². The van der Waals surface area contributed by atoms with Crippen LogP contribution >= 0.6 is 11.8 Å². The summed E-state index contributed by atoms with van der Waals surface area (Å²) in [5.41, 5.74) is 1.85. The summed E-state index contributed by atoms with van der Waals surface area (Å²) in [7, 11) is -3.45. The van der Waals surface area contributed by atoms with Gasteiger partial charge in [-0.3, -0.25) is 0 Å². The van der Waals surface area contributed by atoms with Crippen molar-refractivity contribution in [2.24, 2.45) is 0 Å². The lowest BCUT2D eigenvalue weighted by atomic mass is 10.1. The van der Waals surface area contributed by atoms with Crippen LogP contribution in [0.5, 0.6) is 0 Å². The van der Waals surface area contributed by atoms with Gasteiger partial charge in [0.05, 0.1) is 4.90 Å². The molecule has 0 spiro atoms. The summed E-state index contributed by atoms with van der Waals surface area (Å²) in [5.74, 6) is 1.95. The molecule has 2 aliphatic heterocycles. The fourth-order valence-corrected chi connectivity index (χ4v) is 6.94. The highest BCUT2D eigenvalue weighted by Gasteiger charge is 2.34. The average Bonchev–Trinajstić information content (AvgIpc) is 2.84. The highest BCUT2D eigenvalue weighted by atomic mass is 32.2. The monoisotopic (exact) mass is 382 g/mol. The molecular formula is C19H30N2O2S2. The summed E-state index contributed by atoms with van der Waals surface area (Å²) in [6.07, 6.45) is 4.72. The molecule has 2 saturated heterocycles. The lowest BCUT2D eigenvalue weighted by molar-refractivity contribution is 0.183. The smallest absolute Gasteiger partial charge is 0.243 e. The largest absolute Gasteiger partial charge is 0.302 e. The molecule has 4 nitrogen and oxygen atoms in total. The van der Waals surface area contributed by atoms with Crippen LogP contribution in [0.4, 0.5) is 0 Å². The van der Waals surface area contributed by atoms with E-state index < -0.39 is 10.0 Å². The van der Waals surface area contributed by atoms with Crippen LogP contribution in [0.2, 0.25) is 0 Å². The molecule has 0 saturated carbocycles. The van der Waals surface area contributed by atoms with Gasteiger partial charge in [-0.25, -0.2) is 8.42 Å². The van der Waals surface area contributed by atoms with Gasteiger partial charge in [0, 0.05) is 24.9 Å². The van der Waals surface area contributed by atoms with Gasteiger partial charge in [-0.05, 0) is 69.1 Å². The maximum Gasteiger partial charge on any atom is 0.243 e. The summed E-state index contributed by atoms with van der Waals surface area (Å²) in [6, 6.07) is 5.82. The Morgan fingerprint density at radius 1 is 1.08 bits per heavy atom. The van der Waals surface area contributed by atoms with E-state index in [0.29, 0.717) is 11.4 Å². The lowest BCUT2D eigenvalue weighted by Gasteiger charge is -2.35. The number of hydrogen-bond acceptors (Lipinski definition) is 4. The van der Waals surface area contributed by atoms with Gasteiger partial charge in [0.15, 0.2) is 0 Å². The van der Waals surface area contributed by atoms with Gasteiger partial charge < -0.3 is 4.90 Å². The standard InChI is InChI=1S/C19H30N2O2S2/c1-16-7-8-17(2)19(13-16)25(22,23)21-11-6-12-24-15-18(21)14-20-9-4-3-5-10-20/h7-8,13,18H,3-6,9-12,14-15H2,1-2H3. The van der Waals surface area contributed by atoms with E-state index >= 15 is 0 Å². The van der Waals surface area contributed by atoms with E-state index in [-0.39, 0.29) is 6.04 Å². The number of nitrogens with zero attached hydrogens (tertiary/aromatic N) is 2. The molecular weight excluding hydrogens is 352 g/mol. The minimum Gasteiger partial charge on any atom is -0.302 e. The quantitative estimate of drug-likeness (QED) is 0.801. The predicted molar refractivity (Wildman–Crippen MR) is 106 cm³/mol. The Balaban J connectivity index is 1.87. The highest BCUT2D eigenvalue weighted by Crippen LogP contribution is 2.27. The second-order valence-electron chi connectivity index (χ2n) is 7.33. The molecule has 2 fully saturated rings. The molecule has 0 aliphatic carbocycles. The van der Waals surface area contributed by atoms with Crippen molar-refractivity contribution in [1.82, 2.24) is 9.21 Å². The van der Waals surface area contributed by atoms with Gasteiger partial charge in [0.25, 0.3) is 0 Å². The summed E-state index contributed by atoms with van der Waals surface area (Å²) in [5, 5.41) is 0. The van der Waals surface area contributed by atoms with E-state index in [1.54, 1.807) is 0 Å². The van der Waals surface area contributed by atoms with Crippen LogP contribution in [0.1, 0.15) is 36.8 Å². The van der Waals surface area contributed by atoms with Crippen LogP contribution in [0.25, 0.3) is 0 Å². The molecule has 1 aromatic rings. The first-order valence-corrected chi connectivity index (χ1v) is 12.0. The molecule has 1 aromatic carbocycles. The van der Waals surface area contributed by atoms with E-state index in [9.17, 15) is 8.42 Å². The van der Waals surface area contributed by atoms with Crippen molar-refractivity contribution >= 4 is 21.8 Å². The molecule has 0 amide bonds. The molecule has 0 radical (unpaired) electrons. The first kappa shape index (κ1) is 19.2. The summed E-state index contributed by atoms with van der Waals surface area (Å²) >= 11 is 1.90. The van der Waals surface area contributed by atoms with E-state index in [0.717, 1.165) is 48.7 Å². The number of rotatable bonds is 4. The Hall–Kier alpha value is -0.560. The van der Waals surface area contributed by atoms with Crippen molar-refractivity contribution in [2.75, 3.05) is 37.7 Å². The predicted octanol–water partition coefficient (Wildman–Crippen LogP) is 3.29. The van der Waals surface area contributed by atoms with E-state index in [1.807, 2.05) is 48.1 Å². The van der Waals surface area contributed by atoms with Crippen molar-refractivity contribution in [1.29, 1.82) is 0 Å². The number of aryl methyl sites for hydroxylation is 2. The van der Waals surface area contributed by atoms with Crippen molar-refractivity contribution in [2.45, 2.75) is 50.5 Å². The number of benzene rings is 1. The molecule has 6 heteroatoms.